The summed E-state index contributed by atoms with van der Waals surface area (Å²) in [5, 5.41) is 0. The van der Waals surface area contributed by atoms with E-state index in [0.717, 1.165) is 36.9 Å². The smallest absolute Gasteiger partial charge is 0.237 e. The van der Waals surface area contributed by atoms with Gasteiger partial charge in [0.25, 0.3) is 0 Å². The van der Waals surface area contributed by atoms with Crippen LogP contribution in [0.15, 0.2) is 36.4 Å². The Balaban J connectivity index is 1.72. The number of carbonyl (C=O) groups is 1. The van der Waals surface area contributed by atoms with Crippen LogP contribution < -0.4 is 4.72 Å². The summed E-state index contributed by atoms with van der Waals surface area (Å²) < 4.78 is 24.8. The van der Waals surface area contributed by atoms with E-state index < -0.39 is 10.0 Å². The fraction of sp³-hybridized carbons (Fsp3) is 0.455. The number of sulfonamides is 1. The predicted octanol–water partition coefficient (Wildman–Crippen LogP) is 2.54. The molecule has 1 aromatic heterocycles. The molecular formula is C22H29N3O3S. The molecule has 29 heavy (non-hydrogen) atoms. The zero-order valence-corrected chi connectivity index (χ0v) is 18.1. The average molecular weight is 416 g/mol. The minimum atomic E-state index is -3.38. The first-order valence-electron chi connectivity index (χ1n) is 9.95. The van der Waals surface area contributed by atoms with Crippen molar-refractivity contribution >= 4 is 15.9 Å². The van der Waals surface area contributed by atoms with Gasteiger partial charge in [0.1, 0.15) is 0 Å². The highest BCUT2D eigenvalue weighted by atomic mass is 32.2. The molecular weight excluding hydrogens is 386 g/mol. The van der Waals surface area contributed by atoms with Crippen LogP contribution in [0.3, 0.4) is 0 Å². The van der Waals surface area contributed by atoms with Gasteiger partial charge in [-0.3, -0.25) is 9.78 Å². The highest BCUT2D eigenvalue weighted by Gasteiger charge is 2.26. The summed E-state index contributed by atoms with van der Waals surface area (Å²) in [6.07, 6.45) is 3.78. The lowest BCUT2D eigenvalue weighted by Crippen LogP contribution is -2.44. The third-order valence-electron chi connectivity index (χ3n) is 5.20. The second-order valence-corrected chi connectivity index (χ2v) is 9.81. The summed E-state index contributed by atoms with van der Waals surface area (Å²) in [5.74, 6) is -0.0187. The van der Waals surface area contributed by atoms with Gasteiger partial charge in [-0.15, -0.1) is 0 Å². The van der Waals surface area contributed by atoms with Crippen LogP contribution in [0.2, 0.25) is 0 Å². The zero-order valence-electron chi connectivity index (χ0n) is 17.3. The number of likely N-dealkylation sites (tertiary alicyclic amines) is 1. The Kier molecular flexibility index (Phi) is 6.70. The molecule has 2 aromatic rings. The summed E-state index contributed by atoms with van der Waals surface area (Å²) in [6.45, 7) is 5.14. The Hall–Kier alpha value is -2.25. The molecule has 7 heteroatoms. The zero-order chi connectivity index (χ0) is 21.0. The van der Waals surface area contributed by atoms with Gasteiger partial charge in [-0.25, -0.2) is 13.1 Å². The highest BCUT2D eigenvalue weighted by Crippen LogP contribution is 2.27. The lowest BCUT2D eigenvalue weighted by Gasteiger charge is -2.33. The fourth-order valence-electron chi connectivity index (χ4n) is 3.89. The summed E-state index contributed by atoms with van der Waals surface area (Å²) in [6, 6.07) is 12.8. The maximum Gasteiger partial charge on any atom is 0.237 e. The van der Waals surface area contributed by atoms with Crippen LogP contribution in [0.5, 0.6) is 0 Å². The van der Waals surface area contributed by atoms with Crippen LogP contribution in [0.4, 0.5) is 0 Å². The van der Waals surface area contributed by atoms with Gasteiger partial charge < -0.3 is 4.90 Å². The van der Waals surface area contributed by atoms with Crippen LogP contribution in [0.1, 0.15) is 46.8 Å². The number of hydrogen-bond donors (Lipinski definition) is 1. The number of amides is 1. The van der Waals surface area contributed by atoms with Crippen LogP contribution >= 0.6 is 0 Å². The van der Waals surface area contributed by atoms with E-state index in [-0.39, 0.29) is 18.4 Å². The second-order valence-electron chi connectivity index (χ2n) is 7.98. The van der Waals surface area contributed by atoms with Crippen molar-refractivity contribution in [2.45, 2.75) is 39.0 Å². The number of hydrogen-bond acceptors (Lipinski definition) is 4. The molecule has 1 aliphatic rings. The molecule has 156 valence electrons. The first-order chi connectivity index (χ1) is 13.7. The highest BCUT2D eigenvalue weighted by molar-refractivity contribution is 7.88. The van der Waals surface area contributed by atoms with Crippen LogP contribution in [-0.4, -0.2) is 50.1 Å². The van der Waals surface area contributed by atoms with Crippen molar-refractivity contribution in [2.24, 2.45) is 0 Å². The molecule has 0 bridgehead atoms. The van der Waals surface area contributed by atoms with E-state index in [1.165, 1.54) is 16.7 Å². The maximum atomic E-state index is 12.4. The molecule has 3 rings (SSSR count). The summed E-state index contributed by atoms with van der Waals surface area (Å²) in [4.78, 5) is 18.9. The van der Waals surface area contributed by atoms with Gasteiger partial charge in [0.2, 0.25) is 15.9 Å². The molecule has 1 saturated heterocycles. The van der Waals surface area contributed by atoms with E-state index in [9.17, 15) is 13.2 Å². The standard InChI is InChI=1S/C22H29N3O3S/c1-16-6-4-7-18(10-16)12-19-11-17(2)24-21(13-19)20-8-5-9-25(15-20)22(26)14-23-29(3,27)28/h4,6-7,10-11,13,20,23H,5,8-9,12,14-15H2,1-3H3/t20-/m1/s1. The normalized spacial score (nSPS) is 17.3. The lowest BCUT2D eigenvalue weighted by molar-refractivity contribution is -0.131. The van der Waals surface area contributed by atoms with E-state index in [1.807, 2.05) is 6.92 Å². The van der Waals surface area contributed by atoms with E-state index >= 15 is 0 Å². The average Bonchev–Trinajstić information content (AvgIpc) is 2.65. The molecule has 0 spiro atoms. The molecule has 1 aromatic carbocycles. The van der Waals surface area contributed by atoms with Gasteiger partial charge in [-0.2, -0.15) is 0 Å². The maximum absolute atomic E-state index is 12.4. The lowest BCUT2D eigenvalue weighted by atomic mass is 9.92. The fourth-order valence-corrected chi connectivity index (χ4v) is 4.27. The first kappa shape index (κ1) is 21.5. The monoisotopic (exact) mass is 415 g/mol. The van der Waals surface area contributed by atoms with Crippen molar-refractivity contribution in [3.63, 3.8) is 0 Å². The number of nitrogens with one attached hydrogen (secondary N) is 1. The quantitative estimate of drug-likeness (QED) is 0.786. The Bertz CT molecular complexity index is 989. The first-order valence-corrected chi connectivity index (χ1v) is 11.8. The van der Waals surface area contributed by atoms with Crippen LogP contribution in [-0.2, 0) is 21.2 Å². The molecule has 1 N–H and O–H groups in total. The number of benzene rings is 1. The Labute approximate surface area is 173 Å². The summed E-state index contributed by atoms with van der Waals surface area (Å²) in [7, 11) is -3.38. The molecule has 0 saturated carbocycles. The van der Waals surface area contributed by atoms with Crippen molar-refractivity contribution in [1.82, 2.24) is 14.6 Å². The van der Waals surface area contributed by atoms with E-state index in [2.05, 4.69) is 48.0 Å². The van der Waals surface area contributed by atoms with E-state index in [4.69, 9.17) is 4.98 Å². The Morgan fingerprint density at radius 1 is 1.21 bits per heavy atom. The van der Waals surface area contributed by atoms with Gasteiger partial charge in [0.05, 0.1) is 12.8 Å². The third kappa shape index (κ3) is 6.37. The van der Waals surface area contributed by atoms with Crippen molar-refractivity contribution < 1.29 is 13.2 Å². The topological polar surface area (TPSA) is 79.4 Å². The van der Waals surface area contributed by atoms with Crippen molar-refractivity contribution in [3.8, 4) is 0 Å². The molecule has 1 fully saturated rings. The van der Waals surface area contributed by atoms with Crippen molar-refractivity contribution in [3.05, 3.63) is 64.5 Å². The number of nitrogens with zero attached hydrogens (tertiary/aromatic N) is 2. The molecule has 1 aliphatic heterocycles. The van der Waals surface area contributed by atoms with Crippen molar-refractivity contribution in [2.75, 3.05) is 25.9 Å². The number of aryl methyl sites for hydroxylation is 2. The molecule has 0 aliphatic carbocycles. The van der Waals surface area contributed by atoms with Gasteiger partial charge in [0.15, 0.2) is 0 Å². The van der Waals surface area contributed by atoms with Gasteiger partial charge in [0, 0.05) is 30.4 Å². The number of piperidine rings is 1. The molecule has 2 heterocycles. The Morgan fingerprint density at radius 2 is 2.00 bits per heavy atom. The number of pyridine rings is 1. The van der Waals surface area contributed by atoms with Gasteiger partial charge in [-0.1, -0.05) is 29.8 Å². The van der Waals surface area contributed by atoms with Gasteiger partial charge in [-0.05, 0) is 56.4 Å². The Morgan fingerprint density at radius 3 is 2.72 bits per heavy atom. The molecule has 1 amide bonds. The van der Waals surface area contributed by atoms with E-state index in [0.29, 0.717) is 13.1 Å². The second kappa shape index (κ2) is 9.05. The predicted molar refractivity (Wildman–Crippen MR) is 114 cm³/mol. The van der Waals surface area contributed by atoms with E-state index in [1.54, 1.807) is 4.90 Å². The van der Waals surface area contributed by atoms with Crippen LogP contribution in [0.25, 0.3) is 0 Å². The summed E-state index contributed by atoms with van der Waals surface area (Å²) >= 11 is 0. The molecule has 1 atom stereocenters. The SMILES string of the molecule is Cc1cccc(Cc2cc(C)nc([C@@H]3CCCN(C(=O)CNS(C)(=O)=O)C3)c2)c1. The molecule has 0 radical (unpaired) electrons. The number of aromatic nitrogens is 1. The minimum absolute atomic E-state index is 0.169. The number of carbonyl (C=O) groups excluding carboxylic acids is 1. The van der Waals surface area contributed by atoms with Crippen molar-refractivity contribution in [1.29, 1.82) is 0 Å². The molecule has 6 nitrogen and oxygen atoms in total. The van der Waals surface area contributed by atoms with Crippen LogP contribution in [0, 0.1) is 13.8 Å². The largest absolute Gasteiger partial charge is 0.341 e. The summed E-state index contributed by atoms with van der Waals surface area (Å²) in [5.41, 5.74) is 5.74. The molecule has 0 unspecified atom stereocenters. The number of rotatable bonds is 6. The van der Waals surface area contributed by atoms with Gasteiger partial charge >= 0.3 is 0 Å². The minimum Gasteiger partial charge on any atom is -0.341 e. The third-order valence-corrected chi connectivity index (χ3v) is 5.87.